The highest BCUT2D eigenvalue weighted by molar-refractivity contribution is 6.42. The number of ether oxygens (including phenoxy) is 2. The van der Waals surface area contributed by atoms with E-state index in [1.807, 2.05) is 0 Å². The number of benzene rings is 2. The number of rotatable bonds is 6. The highest BCUT2D eigenvalue weighted by Crippen LogP contribution is 2.31. The van der Waals surface area contributed by atoms with Crippen molar-refractivity contribution in [1.82, 2.24) is 9.78 Å². The van der Waals surface area contributed by atoms with Gasteiger partial charge in [0.15, 0.2) is 12.4 Å². The summed E-state index contributed by atoms with van der Waals surface area (Å²) in [5, 5.41) is 7.20. The van der Waals surface area contributed by atoms with Gasteiger partial charge in [0.1, 0.15) is 16.5 Å². The Balaban J connectivity index is 1.58. The quantitative estimate of drug-likeness (QED) is 0.553. The highest BCUT2D eigenvalue weighted by atomic mass is 35.5. The van der Waals surface area contributed by atoms with Crippen molar-refractivity contribution in [2.45, 2.75) is 13.1 Å². The second-order valence-corrected chi connectivity index (χ2v) is 6.38. The van der Waals surface area contributed by atoms with Crippen molar-refractivity contribution in [2.75, 3.05) is 5.32 Å². The third-order valence-electron chi connectivity index (χ3n) is 3.49. The van der Waals surface area contributed by atoms with Gasteiger partial charge in [0, 0.05) is 11.9 Å². The first kappa shape index (κ1) is 20.8. The molecule has 0 aliphatic heterocycles. The maximum Gasteiger partial charge on any atom is 0.573 e. The number of aromatic nitrogens is 2. The summed E-state index contributed by atoms with van der Waals surface area (Å²) in [7, 11) is 0. The Bertz CT molecular complexity index is 1010. The fraction of sp³-hybridized carbons (Fsp3) is 0.111. The fourth-order valence-electron chi connectivity index (χ4n) is 2.22. The lowest BCUT2D eigenvalue weighted by Gasteiger charge is -2.09. The number of nitrogens with zero attached hydrogens (tertiary/aromatic N) is 2. The summed E-state index contributed by atoms with van der Waals surface area (Å²) < 4.78 is 47.1. The molecule has 1 amide bonds. The number of alkyl halides is 3. The third kappa shape index (κ3) is 5.78. The van der Waals surface area contributed by atoms with Crippen LogP contribution in [0.2, 0.25) is 10.0 Å². The van der Waals surface area contributed by atoms with Crippen LogP contribution >= 0.6 is 23.2 Å². The largest absolute Gasteiger partial charge is 0.573 e. The van der Waals surface area contributed by atoms with Crippen molar-refractivity contribution in [2.24, 2.45) is 0 Å². The van der Waals surface area contributed by atoms with E-state index in [9.17, 15) is 18.0 Å². The normalized spacial score (nSPS) is 11.2. The maximum absolute atomic E-state index is 12.2. The minimum atomic E-state index is -4.78. The molecule has 0 unspecified atom stereocenters. The van der Waals surface area contributed by atoms with Crippen molar-refractivity contribution >= 4 is 34.8 Å². The van der Waals surface area contributed by atoms with Crippen molar-refractivity contribution in [3.8, 4) is 11.5 Å². The summed E-state index contributed by atoms with van der Waals surface area (Å²) in [5.74, 6) is -0.576. The first-order valence-electron chi connectivity index (χ1n) is 7.99. The Morgan fingerprint density at radius 1 is 1.10 bits per heavy atom. The zero-order valence-electron chi connectivity index (χ0n) is 14.4. The van der Waals surface area contributed by atoms with E-state index < -0.39 is 18.0 Å². The van der Waals surface area contributed by atoms with Crippen LogP contribution in [0.15, 0.2) is 54.7 Å². The Kier molecular flexibility index (Phi) is 6.19. The zero-order valence-corrected chi connectivity index (χ0v) is 15.9. The monoisotopic (exact) mass is 445 g/mol. The average molecular weight is 446 g/mol. The number of halogens is 5. The van der Waals surface area contributed by atoms with Crippen molar-refractivity contribution in [3.05, 3.63) is 70.5 Å². The highest BCUT2D eigenvalue weighted by Gasteiger charge is 2.31. The first-order chi connectivity index (χ1) is 13.7. The predicted molar refractivity (Wildman–Crippen MR) is 100 cm³/mol. The molecule has 1 heterocycles. The standard InChI is InChI=1S/C18H12Cl2F3N3O3/c19-13-2-1-3-15(16(13)20)28-10-26-9-8-14(25-26)17(27)24-11-4-6-12(7-5-11)29-18(21,22)23/h1-9H,10H2,(H,24,27). The topological polar surface area (TPSA) is 65.4 Å². The molecule has 11 heteroatoms. The summed E-state index contributed by atoms with van der Waals surface area (Å²) in [6, 6.07) is 11.1. The molecule has 6 nitrogen and oxygen atoms in total. The van der Waals surface area contributed by atoms with Crippen LogP contribution in [0.4, 0.5) is 18.9 Å². The van der Waals surface area contributed by atoms with E-state index in [1.165, 1.54) is 29.1 Å². The van der Waals surface area contributed by atoms with Crippen molar-refractivity contribution in [3.63, 3.8) is 0 Å². The van der Waals surface area contributed by atoms with Crippen molar-refractivity contribution < 1.29 is 27.4 Å². The van der Waals surface area contributed by atoms with Gasteiger partial charge in [-0.2, -0.15) is 5.10 Å². The van der Waals surface area contributed by atoms with Gasteiger partial charge in [-0.15, -0.1) is 13.2 Å². The van der Waals surface area contributed by atoms with Crippen LogP contribution in [-0.4, -0.2) is 22.1 Å². The second kappa shape index (κ2) is 8.62. The molecule has 3 aromatic rings. The number of hydrogen-bond acceptors (Lipinski definition) is 4. The van der Waals surface area contributed by atoms with Gasteiger partial charge in [0.25, 0.3) is 5.91 Å². The van der Waals surface area contributed by atoms with Gasteiger partial charge in [-0.3, -0.25) is 4.79 Å². The Morgan fingerprint density at radius 3 is 2.52 bits per heavy atom. The van der Waals surface area contributed by atoms with Gasteiger partial charge >= 0.3 is 6.36 Å². The second-order valence-electron chi connectivity index (χ2n) is 5.59. The van der Waals surface area contributed by atoms with Crippen LogP contribution in [0.5, 0.6) is 11.5 Å². The van der Waals surface area contributed by atoms with E-state index in [0.717, 1.165) is 12.1 Å². The van der Waals surface area contributed by atoms with E-state index >= 15 is 0 Å². The molecule has 0 spiro atoms. The van der Waals surface area contributed by atoms with E-state index in [2.05, 4.69) is 15.2 Å². The molecule has 3 rings (SSSR count). The van der Waals surface area contributed by atoms with Crippen LogP contribution < -0.4 is 14.8 Å². The van der Waals surface area contributed by atoms with Crippen LogP contribution in [0, 0.1) is 0 Å². The van der Waals surface area contributed by atoms with Gasteiger partial charge in [0.2, 0.25) is 0 Å². The number of carbonyl (C=O) groups is 1. The van der Waals surface area contributed by atoms with Gasteiger partial charge in [-0.1, -0.05) is 29.3 Å². The lowest BCUT2D eigenvalue weighted by atomic mass is 10.3. The third-order valence-corrected chi connectivity index (χ3v) is 4.29. The Labute approximate surface area is 172 Å². The summed E-state index contributed by atoms with van der Waals surface area (Å²) in [5.41, 5.74) is 0.363. The molecule has 0 bridgehead atoms. The minimum absolute atomic E-state index is 0.0170. The van der Waals surface area contributed by atoms with Crippen LogP contribution in [-0.2, 0) is 6.73 Å². The predicted octanol–water partition coefficient (Wildman–Crippen LogP) is 5.38. The molecule has 0 radical (unpaired) electrons. The van der Waals surface area contributed by atoms with Crippen molar-refractivity contribution in [1.29, 1.82) is 0 Å². The molecule has 0 fully saturated rings. The number of nitrogens with one attached hydrogen (secondary N) is 1. The van der Waals surface area contributed by atoms with Gasteiger partial charge in [-0.25, -0.2) is 4.68 Å². The molecular formula is C18H12Cl2F3N3O3. The van der Waals surface area contributed by atoms with Gasteiger partial charge < -0.3 is 14.8 Å². The molecular weight excluding hydrogens is 434 g/mol. The molecule has 152 valence electrons. The number of carbonyl (C=O) groups excluding carboxylic acids is 1. The lowest BCUT2D eigenvalue weighted by molar-refractivity contribution is -0.274. The zero-order chi connectivity index (χ0) is 21.0. The molecule has 0 aliphatic carbocycles. The summed E-state index contributed by atoms with van der Waals surface area (Å²) in [6.07, 6.45) is -3.26. The van der Waals surface area contributed by atoms with Crippen LogP contribution in [0.25, 0.3) is 0 Å². The average Bonchev–Trinajstić information content (AvgIpc) is 3.12. The molecule has 0 saturated carbocycles. The van der Waals surface area contributed by atoms with E-state index in [-0.39, 0.29) is 23.1 Å². The summed E-state index contributed by atoms with van der Waals surface area (Å²) in [4.78, 5) is 12.2. The number of anilines is 1. The fourth-order valence-corrected chi connectivity index (χ4v) is 2.57. The number of amides is 1. The van der Waals surface area contributed by atoms with Crippen LogP contribution in [0.1, 0.15) is 10.5 Å². The smallest absolute Gasteiger partial charge is 0.470 e. The molecule has 1 N–H and O–H groups in total. The molecule has 2 aromatic carbocycles. The molecule has 0 saturated heterocycles. The molecule has 29 heavy (non-hydrogen) atoms. The number of hydrogen-bond donors (Lipinski definition) is 1. The molecule has 1 aromatic heterocycles. The Morgan fingerprint density at radius 2 is 1.83 bits per heavy atom. The summed E-state index contributed by atoms with van der Waals surface area (Å²) in [6.45, 7) is -0.0170. The van der Waals surface area contributed by atoms with Crippen LogP contribution in [0.3, 0.4) is 0 Å². The Hall–Kier alpha value is -2.91. The molecule has 0 atom stereocenters. The van der Waals surface area contributed by atoms with Gasteiger partial charge in [-0.05, 0) is 42.5 Å². The van der Waals surface area contributed by atoms with E-state index in [4.69, 9.17) is 27.9 Å². The SMILES string of the molecule is O=C(Nc1ccc(OC(F)(F)F)cc1)c1ccn(COc2cccc(Cl)c2Cl)n1. The van der Waals surface area contributed by atoms with Gasteiger partial charge in [0.05, 0.1) is 5.02 Å². The summed E-state index contributed by atoms with van der Waals surface area (Å²) >= 11 is 11.9. The first-order valence-corrected chi connectivity index (χ1v) is 8.74. The van der Waals surface area contributed by atoms with E-state index in [0.29, 0.717) is 10.8 Å². The maximum atomic E-state index is 12.2. The molecule has 0 aliphatic rings. The lowest BCUT2D eigenvalue weighted by Crippen LogP contribution is -2.17. The minimum Gasteiger partial charge on any atom is -0.470 e. The van der Waals surface area contributed by atoms with E-state index in [1.54, 1.807) is 18.2 Å².